The molecule has 2 aromatic carbocycles. The second-order valence-electron chi connectivity index (χ2n) is 4.58. The molecule has 0 aliphatic rings. The molecule has 6 nitrogen and oxygen atoms in total. The summed E-state index contributed by atoms with van der Waals surface area (Å²) in [5.74, 6) is -1.68. The predicted octanol–water partition coefficient (Wildman–Crippen LogP) is 3.57. The molecule has 0 saturated heterocycles. The van der Waals surface area contributed by atoms with Crippen molar-refractivity contribution in [1.29, 1.82) is 0 Å². The van der Waals surface area contributed by atoms with E-state index in [0.29, 0.717) is 0 Å². The Labute approximate surface area is 133 Å². The highest BCUT2D eigenvalue weighted by Gasteiger charge is 2.34. The van der Waals surface area contributed by atoms with E-state index in [-0.39, 0.29) is 16.8 Å². The molecule has 2 N–H and O–H groups in total. The molecule has 124 valence electrons. The van der Waals surface area contributed by atoms with E-state index in [9.17, 15) is 28.0 Å². The smallest absolute Gasteiger partial charge is 0.419 e. The molecule has 0 radical (unpaired) electrons. The molecule has 0 atom stereocenters. The number of rotatable bonds is 4. The fraction of sp³-hybridized carbons (Fsp3) is 0.0667. The summed E-state index contributed by atoms with van der Waals surface area (Å²) >= 11 is 0. The molecule has 0 heterocycles. The Hall–Kier alpha value is -3.23. The molecule has 24 heavy (non-hydrogen) atoms. The number of aromatic hydroxyl groups is 1. The topological polar surface area (TPSA) is 91.1 Å². The number of nitroso groups, excluding NO2 is 1. The van der Waals surface area contributed by atoms with Gasteiger partial charge >= 0.3 is 6.18 Å². The van der Waals surface area contributed by atoms with E-state index in [1.807, 2.05) is 0 Å². The van der Waals surface area contributed by atoms with Gasteiger partial charge in [0, 0.05) is 11.1 Å². The van der Waals surface area contributed by atoms with Crippen LogP contribution in [0.2, 0.25) is 0 Å². The number of benzene rings is 2. The maximum atomic E-state index is 12.7. The van der Waals surface area contributed by atoms with Crippen LogP contribution < -0.4 is 5.43 Å². The first-order valence-corrected chi connectivity index (χ1v) is 6.49. The standard InChI is InChI=1S/C15H10F3N3O3/c16-15(17,18)12-6-2-4-10(13(12)22)8-19-20-14(23)9-3-1-5-11(7-9)21-24/h1-8,22H,(H,20,23)/b19-8+. The molecule has 0 saturated carbocycles. The van der Waals surface area contributed by atoms with Gasteiger partial charge in [0.1, 0.15) is 11.4 Å². The van der Waals surface area contributed by atoms with Crippen LogP contribution in [0.5, 0.6) is 5.75 Å². The number of hydrogen-bond donors (Lipinski definition) is 2. The lowest BCUT2D eigenvalue weighted by Gasteiger charge is -2.10. The molecular formula is C15H10F3N3O3. The SMILES string of the molecule is O=Nc1cccc(C(=O)N/N=C/c2cccc(C(F)(F)F)c2O)c1. The first-order valence-electron chi connectivity index (χ1n) is 6.49. The van der Waals surface area contributed by atoms with Gasteiger partial charge in [0.05, 0.1) is 11.8 Å². The summed E-state index contributed by atoms with van der Waals surface area (Å²) in [6, 6.07) is 8.49. The number of halogens is 3. The fourth-order valence-corrected chi connectivity index (χ4v) is 1.82. The van der Waals surface area contributed by atoms with Gasteiger partial charge in [-0.25, -0.2) is 5.43 Å². The number of nitrogens with one attached hydrogen (secondary N) is 1. The molecule has 2 rings (SSSR count). The van der Waals surface area contributed by atoms with Gasteiger partial charge in [0.25, 0.3) is 5.91 Å². The van der Waals surface area contributed by atoms with Crippen LogP contribution in [0.1, 0.15) is 21.5 Å². The van der Waals surface area contributed by atoms with E-state index in [4.69, 9.17) is 0 Å². The zero-order valence-electron chi connectivity index (χ0n) is 11.9. The zero-order valence-corrected chi connectivity index (χ0v) is 11.9. The van der Waals surface area contributed by atoms with Crippen LogP contribution in [0.3, 0.4) is 0 Å². The van der Waals surface area contributed by atoms with Crippen LogP contribution >= 0.6 is 0 Å². The first-order chi connectivity index (χ1) is 11.3. The number of carbonyl (C=O) groups is 1. The van der Waals surface area contributed by atoms with Gasteiger partial charge in [-0.1, -0.05) is 12.1 Å². The Morgan fingerprint density at radius 3 is 2.54 bits per heavy atom. The number of phenols is 1. The largest absolute Gasteiger partial charge is 0.507 e. The lowest BCUT2D eigenvalue weighted by Crippen LogP contribution is -2.17. The summed E-state index contributed by atoms with van der Waals surface area (Å²) in [6.07, 6.45) is -3.83. The van der Waals surface area contributed by atoms with Gasteiger partial charge in [-0.2, -0.15) is 18.3 Å². The Bertz CT molecular complexity index is 804. The van der Waals surface area contributed by atoms with Gasteiger partial charge in [-0.05, 0) is 35.5 Å². The first kappa shape index (κ1) is 17.1. The van der Waals surface area contributed by atoms with Crippen LogP contribution in [0.25, 0.3) is 0 Å². The number of hydrazone groups is 1. The number of para-hydroxylation sites is 1. The highest BCUT2D eigenvalue weighted by atomic mass is 19.4. The summed E-state index contributed by atoms with van der Waals surface area (Å²) in [5, 5.41) is 15.8. The van der Waals surface area contributed by atoms with Crippen LogP contribution in [-0.4, -0.2) is 17.2 Å². The lowest BCUT2D eigenvalue weighted by molar-refractivity contribution is -0.138. The Kier molecular flexibility index (Phi) is 4.93. The number of phenolic OH excluding ortho intramolecular Hbond substituents is 1. The molecule has 0 spiro atoms. The van der Waals surface area contributed by atoms with Gasteiger partial charge in [0.15, 0.2) is 0 Å². The van der Waals surface area contributed by atoms with Crippen molar-refractivity contribution in [2.45, 2.75) is 6.18 Å². The van der Waals surface area contributed by atoms with Gasteiger partial charge in [-0.3, -0.25) is 4.79 Å². The second kappa shape index (κ2) is 6.90. The monoisotopic (exact) mass is 337 g/mol. The number of carbonyl (C=O) groups excluding carboxylic acids is 1. The zero-order chi connectivity index (χ0) is 17.7. The van der Waals surface area contributed by atoms with E-state index in [1.54, 1.807) is 0 Å². The van der Waals surface area contributed by atoms with Crippen molar-refractivity contribution >= 4 is 17.8 Å². The minimum Gasteiger partial charge on any atom is -0.507 e. The van der Waals surface area contributed by atoms with E-state index in [0.717, 1.165) is 18.3 Å². The maximum Gasteiger partial charge on any atom is 0.419 e. The minimum absolute atomic E-state index is 0.0437. The van der Waals surface area contributed by atoms with E-state index in [1.165, 1.54) is 30.3 Å². The molecule has 0 fully saturated rings. The number of amides is 1. The quantitative estimate of drug-likeness (QED) is 0.507. The number of alkyl halides is 3. The molecule has 0 aliphatic heterocycles. The highest BCUT2D eigenvalue weighted by Crippen LogP contribution is 2.36. The van der Waals surface area contributed by atoms with Gasteiger partial charge < -0.3 is 5.11 Å². The van der Waals surface area contributed by atoms with Crippen molar-refractivity contribution in [1.82, 2.24) is 5.43 Å². The van der Waals surface area contributed by atoms with Gasteiger partial charge in [0.2, 0.25) is 0 Å². The lowest BCUT2D eigenvalue weighted by atomic mass is 10.1. The molecule has 0 bridgehead atoms. The van der Waals surface area contributed by atoms with Crippen LogP contribution in [0.4, 0.5) is 18.9 Å². The third-order valence-electron chi connectivity index (χ3n) is 2.96. The van der Waals surface area contributed by atoms with Gasteiger partial charge in [-0.15, -0.1) is 4.91 Å². The Morgan fingerprint density at radius 1 is 1.17 bits per heavy atom. The molecule has 0 aromatic heterocycles. The van der Waals surface area contributed by atoms with Crippen molar-refractivity contribution < 1.29 is 23.1 Å². The van der Waals surface area contributed by atoms with E-state index in [2.05, 4.69) is 15.7 Å². The van der Waals surface area contributed by atoms with Crippen molar-refractivity contribution in [2.75, 3.05) is 0 Å². The average molecular weight is 337 g/mol. The molecule has 0 aliphatic carbocycles. The summed E-state index contributed by atoms with van der Waals surface area (Å²) in [6.45, 7) is 0. The van der Waals surface area contributed by atoms with Crippen molar-refractivity contribution in [3.63, 3.8) is 0 Å². The molecule has 1 amide bonds. The molecule has 2 aromatic rings. The van der Waals surface area contributed by atoms with Crippen molar-refractivity contribution in [2.24, 2.45) is 10.3 Å². The van der Waals surface area contributed by atoms with Crippen molar-refractivity contribution in [3.8, 4) is 5.75 Å². The Morgan fingerprint density at radius 2 is 1.88 bits per heavy atom. The summed E-state index contributed by atoms with van der Waals surface area (Å²) in [5.41, 5.74) is 0.797. The van der Waals surface area contributed by atoms with Crippen molar-refractivity contribution in [3.05, 3.63) is 64.1 Å². The minimum atomic E-state index is -4.71. The van der Waals surface area contributed by atoms with Crippen LogP contribution in [0, 0.1) is 4.91 Å². The van der Waals surface area contributed by atoms with Crippen LogP contribution in [0.15, 0.2) is 52.7 Å². The normalized spacial score (nSPS) is 11.5. The predicted molar refractivity (Wildman–Crippen MR) is 80.1 cm³/mol. The summed E-state index contributed by atoms with van der Waals surface area (Å²) in [7, 11) is 0. The van der Waals surface area contributed by atoms with E-state index < -0.39 is 23.4 Å². The maximum absolute atomic E-state index is 12.7. The third kappa shape index (κ3) is 3.94. The van der Waals surface area contributed by atoms with Crippen LogP contribution in [-0.2, 0) is 6.18 Å². The fourth-order valence-electron chi connectivity index (χ4n) is 1.82. The summed E-state index contributed by atoms with van der Waals surface area (Å²) < 4.78 is 38.0. The molecular weight excluding hydrogens is 327 g/mol. The Balaban J connectivity index is 2.14. The highest BCUT2D eigenvalue weighted by molar-refractivity contribution is 5.95. The second-order valence-corrected chi connectivity index (χ2v) is 4.58. The molecule has 0 unspecified atom stereocenters. The third-order valence-corrected chi connectivity index (χ3v) is 2.96. The average Bonchev–Trinajstić information content (AvgIpc) is 2.55. The molecule has 9 heteroatoms. The number of hydrogen-bond acceptors (Lipinski definition) is 5. The van der Waals surface area contributed by atoms with E-state index >= 15 is 0 Å². The number of nitrogens with zero attached hydrogens (tertiary/aromatic N) is 2. The summed E-state index contributed by atoms with van der Waals surface area (Å²) in [4.78, 5) is 22.2.